The molecule has 0 aliphatic heterocycles. The lowest BCUT2D eigenvalue weighted by Gasteiger charge is -2.12. The van der Waals surface area contributed by atoms with E-state index in [4.69, 9.17) is 23.2 Å². The predicted molar refractivity (Wildman–Crippen MR) is 108 cm³/mol. The molecular weight excluding hydrogens is 389 g/mol. The summed E-state index contributed by atoms with van der Waals surface area (Å²) in [6.45, 7) is 3.89. The van der Waals surface area contributed by atoms with E-state index in [1.807, 2.05) is 32.0 Å². The van der Waals surface area contributed by atoms with Crippen LogP contribution in [-0.4, -0.2) is 14.9 Å². The van der Waals surface area contributed by atoms with Crippen molar-refractivity contribution >= 4 is 51.9 Å². The molecule has 7 nitrogen and oxygen atoms in total. The molecular formula is C18H15Cl2N5O2. The highest BCUT2D eigenvalue weighted by Gasteiger charge is 2.24. The Morgan fingerprint density at radius 1 is 1.00 bits per heavy atom. The van der Waals surface area contributed by atoms with Gasteiger partial charge in [-0.1, -0.05) is 35.3 Å². The van der Waals surface area contributed by atoms with Crippen LogP contribution in [0.4, 0.5) is 28.7 Å². The quantitative estimate of drug-likeness (QED) is 0.413. The molecule has 1 heterocycles. The van der Waals surface area contributed by atoms with Crippen LogP contribution < -0.4 is 10.6 Å². The van der Waals surface area contributed by atoms with Gasteiger partial charge in [-0.3, -0.25) is 10.1 Å². The molecule has 0 saturated heterocycles. The number of rotatable bonds is 5. The number of aromatic nitrogens is 2. The van der Waals surface area contributed by atoms with Gasteiger partial charge in [0, 0.05) is 5.69 Å². The van der Waals surface area contributed by atoms with Crippen molar-refractivity contribution in [2.24, 2.45) is 0 Å². The molecule has 0 aliphatic rings. The average Bonchev–Trinajstić information content (AvgIpc) is 2.58. The van der Waals surface area contributed by atoms with E-state index in [0.29, 0.717) is 16.4 Å². The van der Waals surface area contributed by atoms with E-state index in [0.717, 1.165) is 11.1 Å². The summed E-state index contributed by atoms with van der Waals surface area (Å²) in [5.74, 6) is 0.0756. The molecule has 27 heavy (non-hydrogen) atoms. The zero-order chi connectivity index (χ0) is 19.6. The Balaban J connectivity index is 2.02. The molecule has 0 amide bonds. The summed E-state index contributed by atoms with van der Waals surface area (Å²) < 4.78 is 0. The van der Waals surface area contributed by atoms with Crippen molar-refractivity contribution in [1.82, 2.24) is 9.97 Å². The number of hydrogen-bond donors (Lipinski definition) is 2. The number of benzene rings is 2. The SMILES string of the molecule is Cc1cc(C)cc(Nc2ncnc(Nc3cccc(Cl)c3Cl)c2[N+](=O)[O-])c1. The van der Waals surface area contributed by atoms with Crippen LogP contribution >= 0.6 is 23.2 Å². The summed E-state index contributed by atoms with van der Waals surface area (Å²) in [5, 5.41) is 18.1. The van der Waals surface area contributed by atoms with Crippen molar-refractivity contribution in [2.75, 3.05) is 10.6 Å². The Morgan fingerprint density at radius 3 is 2.26 bits per heavy atom. The Bertz CT molecular complexity index is 1010. The summed E-state index contributed by atoms with van der Waals surface area (Å²) in [4.78, 5) is 19.2. The fourth-order valence-electron chi connectivity index (χ4n) is 2.65. The van der Waals surface area contributed by atoms with E-state index in [1.54, 1.807) is 18.2 Å². The van der Waals surface area contributed by atoms with Crippen LogP contribution in [0.2, 0.25) is 10.0 Å². The van der Waals surface area contributed by atoms with E-state index in [9.17, 15) is 10.1 Å². The van der Waals surface area contributed by atoms with Crippen molar-refractivity contribution in [3.63, 3.8) is 0 Å². The highest BCUT2D eigenvalue weighted by atomic mass is 35.5. The second kappa shape index (κ2) is 7.77. The first-order valence-electron chi connectivity index (χ1n) is 7.91. The monoisotopic (exact) mass is 403 g/mol. The molecule has 2 N–H and O–H groups in total. The molecule has 0 saturated carbocycles. The van der Waals surface area contributed by atoms with Gasteiger partial charge in [0.25, 0.3) is 0 Å². The molecule has 3 rings (SSSR count). The lowest BCUT2D eigenvalue weighted by Crippen LogP contribution is -2.06. The molecule has 0 bridgehead atoms. The first-order valence-corrected chi connectivity index (χ1v) is 8.66. The Morgan fingerprint density at radius 2 is 1.63 bits per heavy atom. The third kappa shape index (κ3) is 4.27. The third-order valence-corrected chi connectivity index (χ3v) is 4.51. The van der Waals surface area contributed by atoms with Gasteiger partial charge in [0.1, 0.15) is 6.33 Å². The fourth-order valence-corrected chi connectivity index (χ4v) is 2.99. The van der Waals surface area contributed by atoms with Crippen LogP contribution in [-0.2, 0) is 0 Å². The minimum Gasteiger partial charge on any atom is -0.334 e. The molecule has 0 aliphatic carbocycles. The second-order valence-electron chi connectivity index (χ2n) is 5.90. The predicted octanol–water partition coefficient (Wildman–Crippen LogP) is 5.80. The van der Waals surface area contributed by atoms with Gasteiger partial charge in [-0.25, -0.2) is 9.97 Å². The van der Waals surface area contributed by atoms with Gasteiger partial charge < -0.3 is 10.6 Å². The van der Waals surface area contributed by atoms with Gasteiger partial charge in [-0.05, 0) is 49.2 Å². The van der Waals surface area contributed by atoms with Gasteiger partial charge in [-0.15, -0.1) is 0 Å². The Kier molecular flexibility index (Phi) is 5.43. The van der Waals surface area contributed by atoms with E-state index >= 15 is 0 Å². The number of anilines is 4. The smallest absolute Gasteiger partial charge is 0.334 e. The first kappa shape index (κ1) is 18.9. The zero-order valence-electron chi connectivity index (χ0n) is 14.5. The summed E-state index contributed by atoms with van der Waals surface area (Å²) >= 11 is 12.2. The largest absolute Gasteiger partial charge is 0.353 e. The molecule has 9 heteroatoms. The van der Waals surface area contributed by atoms with Gasteiger partial charge in [0.2, 0.25) is 11.6 Å². The molecule has 138 valence electrons. The Hall–Kier alpha value is -2.90. The van der Waals surface area contributed by atoms with Crippen molar-refractivity contribution in [3.8, 4) is 0 Å². The van der Waals surface area contributed by atoms with Crippen LogP contribution in [0.1, 0.15) is 11.1 Å². The lowest BCUT2D eigenvalue weighted by molar-refractivity contribution is -0.383. The van der Waals surface area contributed by atoms with Crippen molar-refractivity contribution in [2.45, 2.75) is 13.8 Å². The van der Waals surface area contributed by atoms with Gasteiger partial charge in [0.15, 0.2) is 0 Å². The maximum absolute atomic E-state index is 11.7. The molecule has 0 atom stereocenters. The molecule has 1 aromatic heterocycles. The summed E-state index contributed by atoms with van der Waals surface area (Å²) in [5.41, 5.74) is 2.86. The second-order valence-corrected chi connectivity index (χ2v) is 6.69. The van der Waals surface area contributed by atoms with Crippen molar-refractivity contribution in [1.29, 1.82) is 0 Å². The minimum atomic E-state index is -0.550. The number of hydrogen-bond acceptors (Lipinski definition) is 6. The number of aryl methyl sites for hydroxylation is 2. The number of nitrogens with zero attached hydrogens (tertiary/aromatic N) is 3. The average molecular weight is 404 g/mol. The fraction of sp³-hybridized carbons (Fsp3) is 0.111. The van der Waals surface area contributed by atoms with E-state index in [1.165, 1.54) is 6.33 Å². The topological polar surface area (TPSA) is 93.0 Å². The molecule has 2 aromatic carbocycles. The van der Waals surface area contributed by atoms with Crippen LogP contribution in [0.5, 0.6) is 0 Å². The highest BCUT2D eigenvalue weighted by molar-refractivity contribution is 6.43. The summed E-state index contributed by atoms with van der Waals surface area (Å²) in [6, 6.07) is 10.7. The number of nitro groups is 1. The van der Waals surface area contributed by atoms with E-state index < -0.39 is 4.92 Å². The van der Waals surface area contributed by atoms with Crippen LogP contribution in [0, 0.1) is 24.0 Å². The van der Waals surface area contributed by atoms with Crippen molar-refractivity contribution in [3.05, 3.63) is 74.0 Å². The van der Waals surface area contributed by atoms with Crippen LogP contribution in [0.15, 0.2) is 42.7 Å². The standard InChI is InChI=1S/C18H15Cl2N5O2/c1-10-6-11(2)8-12(7-10)23-17-16(25(26)27)18(22-9-21-17)24-14-5-3-4-13(19)15(14)20/h3-9H,1-2H3,(H2,21,22,23,24). The van der Waals surface area contributed by atoms with Gasteiger partial charge >= 0.3 is 5.69 Å². The van der Waals surface area contributed by atoms with Crippen molar-refractivity contribution < 1.29 is 4.92 Å². The maximum atomic E-state index is 11.7. The van der Waals surface area contributed by atoms with E-state index in [2.05, 4.69) is 20.6 Å². The van der Waals surface area contributed by atoms with Crippen LogP contribution in [0.25, 0.3) is 0 Å². The highest BCUT2D eigenvalue weighted by Crippen LogP contribution is 2.36. The van der Waals surface area contributed by atoms with Gasteiger partial charge in [-0.2, -0.15) is 0 Å². The first-order chi connectivity index (χ1) is 12.8. The summed E-state index contributed by atoms with van der Waals surface area (Å²) in [7, 11) is 0. The normalized spacial score (nSPS) is 10.5. The third-order valence-electron chi connectivity index (χ3n) is 3.69. The molecule has 0 fully saturated rings. The zero-order valence-corrected chi connectivity index (χ0v) is 16.0. The molecule has 0 unspecified atom stereocenters. The minimum absolute atomic E-state index is 0.00559. The molecule has 0 spiro atoms. The van der Waals surface area contributed by atoms with E-state index in [-0.39, 0.29) is 22.3 Å². The molecule has 3 aromatic rings. The lowest BCUT2D eigenvalue weighted by atomic mass is 10.1. The Labute approximate surface area is 165 Å². The molecule has 0 radical (unpaired) electrons. The van der Waals surface area contributed by atoms with Gasteiger partial charge in [0.05, 0.1) is 20.7 Å². The number of nitrogens with one attached hydrogen (secondary N) is 2. The summed E-state index contributed by atoms with van der Waals surface area (Å²) in [6.07, 6.45) is 1.23. The maximum Gasteiger partial charge on any atom is 0.353 e. The van der Waals surface area contributed by atoms with Crippen LogP contribution in [0.3, 0.4) is 0 Å². The number of halogens is 2.